The quantitative estimate of drug-likeness (QED) is 0.329. The first-order valence-corrected chi connectivity index (χ1v) is 13.0. The molecule has 1 aromatic heterocycles. The lowest BCUT2D eigenvalue weighted by Crippen LogP contribution is -2.42. The first-order chi connectivity index (χ1) is 17.9. The van der Waals surface area contributed by atoms with Crippen molar-refractivity contribution >= 4 is 34.5 Å². The van der Waals surface area contributed by atoms with Gasteiger partial charge >= 0.3 is 0 Å². The van der Waals surface area contributed by atoms with Crippen LogP contribution in [0.4, 0.5) is 0 Å². The number of halogens is 1. The van der Waals surface area contributed by atoms with Crippen molar-refractivity contribution in [2.75, 3.05) is 13.1 Å². The number of nitrogens with one attached hydrogen (secondary N) is 1. The van der Waals surface area contributed by atoms with E-state index in [2.05, 4.69) is 10.3 Å². The van der Waals surface area contributed by atoms with Gasteiger partial charge in [-0.1, -0.05) is 48.4 Å². The van der Waals surface area contributed by atoms with Gasteiger partial charge < -0.3 is 14.6 Å². The fourth-order valence-electron chi connectivity index (χ4n) is 4.88. The lowest BCUT2D eigenvalue weighted by Gasteiger charge is -2.34. The fourth-order valence-corrected chi connectivity index (χ4v) is 5.09. The molecule has 37 heavy (non-hydrogen) atoms. The maximum Gasteiger partial charge on any atom is 0.253 e. The summed E-state index contributed by atoms with van der Waals surface area (Å²) in [7, 11) is 0. The number of rotatable bonds is 6. The molecule has 0 saturated carbocycles. The van der Waals surface area contributed by atoms with Crippen molar-refractivity contribution < 1.29 is 14.0 Å². The Kier molecular flexibility index (Phi) is 7.28. The Labute approximate surface area is 221 Å². The molecule has 1 saturated heterocycles. The predicted molar refractivity (Wildman–Crippen MR) is 145 cm³/mol. The molecule has 3 aromatic carbocycles. The van der Waals surface area contributed by atoms with Gasteiger partial charge in [-0.2, -0.15) is 0 Å². The minimum absolute atomic E-state index is 0.0155. The van der Waals surface area contributed by atoms with E-state index < -0.39 is 0 Å². The molecule has 4 aromatic rings. The summed E-state index contributed by atoms with van der Waals surface area (Å²) in [4.78, 5) is 32.5. The number of amides is 2. The first kappa shape index (κ1) is 25.0. The number of aromatic nitrogens is 1. The van der Waals surface area contributed by atoms with Gasteiger partial charge in [-0.3, -0.25) is 9.59 Å². The van der Waals surface area contributed by atoms with Crippen LogP contribution >= 0.6 is 11.6 Å². The van der Waals surface area contributed by atoms with E-state index in [0.29, 0.717) is 47.2 Å². The van der Waals surface area contributed by atoms with Crippen molar-refractivity contribution in [2.24, 2.45) is 11.8 Å². The van der Waals surface area contributed by atoms with Crippen molar-refractivity contribution in [1.29, 1.82) is 0 Å². The standard InChI is InChI=1S/C30H30ClN3O3/c1-19-6-8-23(9-7-19)29-33-26-17-24(10-11-27(26)37-29)30(36)34-14-12-22(13-15-34)20(2)28(35)32-18-21-4-3-5-25(31)16-21/h3-11,16-17,20,22H,12-15,18H2,1-2H3,(H,32,35)/t20-/m0/s1. The zero-order valence-corrected chi connectivity index (χ0v) is 21.8. The lowest BCUT2D eigenvalue weighted by atomic mass is 9.84. The van der Waals surface area contributed by atoms with E-state index in [1.807, 2.05) is 73.3 Å². The monoisotopic (exact) mass is 515 g/mol. The summed E-state index contributed by atoms with van der Waals surface area (Å²) >= 11 is 6.03. The number of benzene rings is 3. The molecule has 190 valence electrons. The van der Waals surface area contributed by atoms with E-state index >= 15 is 0 Å². The van der Waals surface area contributed by atoms with Gasteiger partial charge in [-0.15, -0.1) is 0 Å². The zero-order chi connectivity index (χ0) is 25.9. The van der Waals surface area contributed by atoms with Crippen LogP contribution in [-0.2, 0) is 11.3 Å². The molecular weight excluding hydrogens is 486 g/mol. The number of hydrogen-bond acceptors (Lipinski definition) is 4. The second-order valence-corrected chi connectivity index (χ2v) is 10.3. The Balaban J connectivity index is 1.18. The van der Waals surface area contributed by atoms with Gasteiger partial charge in [0.1, 0.15) is 5.52 Å². The lowest BCUT2D eigenvalue weighted by molar-refractivity contribution is -0.126. The van der Waals surface area contributed by atoms with Crippen molar-refractivity contribution in [3.05, 3.63) is 88.4 Å². The molecule has 0 aliphatic carbocycles. The van der Waals surface area contributed by atoms with Gasteiger partial charge in [0.2, 0.25) is 11.8 Å². The van der Waals surface area contributed by atoms with Crippen molar-refractivity contribution in [3.8, 4) is 11.5 Å². The van der Waals surface area contributed by atoms with Crippen molar-refractivity contribution in [3.63, 3.8) is 0 Å². The molecule has 2 heterocycles. The summed E-state index contributed by atoms with van der Waals surface area (Å²) in [6.45, 7) is 5.72. The van der Waals surface area contributed by atoms with E-state index in [1.54, 1.807) is 12.1 Å². The molecule has 0 radical (unpaired) electrons. The van der Waals surface area contributed by atoms with Crippen LogP contribution in [0.25, 0.3) is 22.6 Å². The van der Waals surface area contributed by atoms with Crippen LogP contribution in [0.3, 0.4) is 0 Å². The molecule has 1 N–H and O–H groups in total. The van der Waals surface area contributed by atoms with E-state index in [4.69, 9.17) is 16.0 Å². The maximum atomic E-state index is 13.2. The topological polar surface area (TPSA) is 75.4 Å². The molecule has 1 atom stereocenters. The third-order valence-electron chi connectivity index (χ3n) is 7.24. The largest absolute Gasteiger partial charge is 0.436 e. The molecule has 0 spiro atoms. The van der Waals surface area contributed by atoms with Crippen LogP contribution in [0.5, 0.6) is 0 Å². The Morgan fingerprint density at radius 3 is 2.57 bits per heavy atom. The molecule has 6 nitrogen and oxygen atoms in total. The SMILES string of the molecule is Cc1ccc(-c2nc3cc(C(=O)N4CCC([C@H](C)C(=O)NCc5cccc(Cl)c5)CC4)ccc3o2)cc1. The number of likely N-dealkylation sites (tertiary alicyclic amines) is 1. The van der Waals surface area contributed by atoms with E-state index in [9.17, 15) is 9.59 Å². The summed E-state index contributed by atoms with van der Waals surface area (Å²) < 4.78 is 5.91. The molecule has 5 rings (SSSR count). The molecule has 7 heteroatoms. The van der Waals surface area contributed by atoms with E-state index in [-0.39, 0.29) is 23.7 Å². The van der Waals surface area contributed by atoms with Gasteiger partial charge in [-0.05, 0) is 73.7 Å². The maximum absolute atomic E-state index is 13.2. The number of fused-ring (bicyclic) bond motifs is 1. The Hall–Kier alpha value is -3.64. The Bertz CT molecular complexity index is 1420. The van der Waals surface area contributed by atoms with Gasteiger partial charge in [0.05, 0.1) is 0 Å². The van der Waals surface area contributed by atoms with Crippen molar-refractivity contribution in [1.82, 2.24) is 15.2 Å². The van der Waals surface area contributed by atoms with Crippen molar-refractivity contribution in [2.45, 2.75) is 33.2 Å². The number of hydrogen-bond donors (Lipinski definition) is 1. The van der Waals surface area contributed by atoms with Crippen LogP contribution in [0, 0.1) is 18.8 Å². The minimum atomic E-state index is -0.122. The Morgan fingerprint density at radius 2 is 1.84 bits per heavy atom. The van der Waals surface area contributed by atoms with Crippen LogP contribution in [-0.4, -0.2) is 34.8 Å². The summed E-state index contributed by atoms with van der Waals surface area (Å²) in [5.74, 6) is 0.675. The second kappa shape index (κ2) is 10.8. The van der Waals surface area contributed by atoms with Crippen LogP contribution < -0.4 is 5.32 Å². The van der Waals surface area contributed by atoms with E-state index in [1.165, 1.54) is 5.56 Å². The summed E-state index contributed by atoms with van der Waals surface area (Å²) in [6, 6.07) is 20.9. The number of carbonyl (C=O) groups is 2. The predicted octanol–water partition coefficient (Wildman–Crippen LogP) is 6.26. The average molecular weight is 516 g/mol. The highest BCUT2D eigenvalue weighted by Gasteiger charge is 2.30. The number of carbonyl (C=O) groups excluding carboxylic acids is 2. The number of aryl methyl sites for hydroxylation is 1. The van der Waals surface area contributed by atoms with Crippen LogP contribution in [0.2, 0.25) is 5.02 Å². The molecule has 0 unspecified atom stereocenters. The third-order valence-corrected chi connectivity index (χ3v) is 7.47. The van der Waals surface area contributed by atoms with E-state index in [0.717, 1.165) is 24.0 Å². The highest BCUT2D eigenvalue weighted by Crippen LogP contribution is 2.28. The van der Waals surface area contributed by atoms with Gasteiger partial charge in [0.15, 0.2) is 5.58 Å². The third kappa shape index (κ3) is 5.70. The zero-order valence-electron chi connectivity index (χ0n) is 21.0. The average Bonchev–Trinajstić information content (AvgIpc) is 3.35. The summed E-state index contributed by atoms with van der Waals surface area (Å²) in [6.07, 6.45) is 1.59. The molecule has 1 aliphatic rings. The molecule has 0 bridgehead atoms. The molecule has 1 fully saturated rings. The Morgan fingerprint density at radius 1 is 1.08 bits per heavy atom. The van der Waals surface area contributed by atoms with Gasteiger partial charge in [0, 0.05) is 41.7 Å². The summed E-state index contributed by atoms with van der Waals surface area (Å²) in [5, 5.41) is 3.68. The number of nitrogens with zero attached hydrogens (tertiary/aromatic N) is 2. The van der Waals surface area contributed by atoms with Crippen LogP contribution in [0.15, 0.2) is 71.1 Å². The van der Waals surface area contributed by atoms with Crippen LogP contribution in [0.1, 0.15) is 41.3 Å². The smallest absolute Gasteiger partial charge is 0.253 e. The molecular formula is C30H30ClN3O3. The van der Waals surface area contributed by atoms with Gasteiger partial charge in [0.25, 0.3) is 5.91 Å². The highest BCUT2D eigenvalue weighted by atomic mass is 35.5. The fraction of sp³-hybridized carbons (Fsp3) is 0.300. The highest BCUT2D eigenvalue weighted by molar-refractivity contribution is 6.30. The second-order valence-electron chi connectivity index (χ2n) is 9.83. The first-order valence-electron chi connectivity index (χ1n) is 12.7. The van der Waals surface area contributed by atoms with Gasteiger partial charge in [-0.25, -0.2) is 4.98 Å². The molecule has 2 amide bonds. The molecule has 1 aliphatic heterocycles. The summed E-state index contributed by atoms with van der Waals surface area (Å²) in [5.41, 5.74) is 4.97. The number of piperidine rings is 1. The number of oxazole rings is 1. The minimum Gasteiger partial charge on any atom is -0.436 e. The normalized spacial score (nSPS) is 15.1.